The van der Waals surface area contributed by atoms with Crippen molar-refractivity contribution in [3.63, 3.8) is 0 Å². The molecule has 1 aromatic rings. The van der Waals surface area contributed by atoms with Crippen LogP contribution in [0.4, 0.5) is 0 Å². The first-order valence-electron chi connectivity index (χ1n) is 7.67. The SMILES string of the molecule is CC(C)C(CN)C(=O)NC(c1cccs1)C1CCCC1. The van der Waals surface area contributed by atoms with Gasteiger partial charge in [0.05, 0.1) is 12.0 Å². The van der Waals surface area contributed by atoms with Gasteiger partial charge >= 0.3 is 0 Å². The summed E-state index contributed by atoms with van der Waals surface area (Å²) in [7, 11) is 0. The van der Waals surface area contributed by atoms with Crippen LogP contribution in [-0.2, 0) is 4.79 Å². The lowest BCUT2D eigenvalue weighted by Crippen LogP contribution is -2.41. The van der Waals surface area contributed by atoms with E-state index in [1.165, 1.54) is 30.6 Å². The second kappa shape index (κ2) is 7.23. The molecule has 0 spiro atoms. The standard InChI is InChI=1S/C16H26N2OS/c1-11(2)13(10-17)16(19)18-15(12-6-3-4-7-12)14-8-5-9-20-14/h5,8-9,11-13,15H,3-4,6-7,10,17H2,1-2H3,(H,18,19). The number of nitrogens with two attached hydrogens (primary N) is 1. The minimum atomic E-state index is -0.0844. The predicted octanol–water partition coefficient (Wildman–Crippen LogP) is 3.33. The maximum atomic E-state index is 12.5. The van der Waals surface area contributed by atoms with Gasteiger partial charge in [0.2, 0.25) is 5.91 Å². The molecule has 4 heteroatoms. The third kappa shape index (κ3) is 3.61. The Hall–Kier alpha value is -0.870. The van der Waals surface area contributed by atoms with Crippen molar-refractivity contribution < 1.29 is 4.79 Å². The summed E-state index contributed by atoms with van der Waals surface area (Å²) >= 11 is 1.74. The zero-order valence-electron chi connectivity index (χ0n) is 12.5. The van der Waals surface area contributed by atoms with Crippen molar-refractivity contribution in [2.75, 3.05) is 6.54 Å². The van der Waals surface area contributed by atoms with E-state index in [2.05, 4.69) is 36.7 Å². The normalized spacial score (nSPS) is 19.2. The molecule has 0 aromatic carbocycles. The molecule has 1 aliphatic carbocycles. The third-order valence-electron chi connectivity index (χ3n) is 4.41. The fourth-order valence-corrected chi connectivity index (χ4v) is 3.99. The van der Waals surface area contributed by atoms with Gasteiger partial charge in [-0.2, -0.15) is 0 Å². The molecule has 3 nitrogen and oxygen atoms in total. The van der Waals surface area contributed by atoms with E-state index in [0.717, 1.165) is 0 Å². The van der Waals surface area contributed by atoms with E-state index in [-0.39, 0.29) is 23.8 Å². The molecule has 2 atom stereocenters. The van der Waals surface area contributed by atoms with E-state index in [4.69, 9.17) is 5.73 Å². The molecular formula is C16H26N2OS. The van der Waals surface area contributed by atoms with Crippen LogP contribution in [0, 0.1) is 17.8 Å². The van der Waals surface area contributed by atoms with E-state index in [0.29, 0.717) is 12.5 Å². The van der Waals surface area contributed by atoms with E-state index >= 15 is 0 Å². The van der Waals surface area contributed by atoms with Crippen molar-refractivity contribution in [3.05, 3.63) is 22.4 Å². The molecule has 2 rings (SSSR count). The Kier molecular flexibility index (Phi) is 5.61. The molecule has 1 fully saturated rings. The summed E-state index contributed by atoms with van der Waals surface area (Å²) in [5.41, 5.74) is 5.76. The summed E-state index contributed by atoms with van der Waals surface area (Å²) < 4.78 is 0. The van der Waals surface area contributed by atoms with Gasteiger partial charge in [-0.05, 0) is 36.1 Å². The van der Waals surface area contributed by atoms with Gasteiger partial charge < -0.3 is 11.1 Å². The maximum absolute atomic E-state index is 12.5. The van der Waals surface area contributed by atoms with E-state index < -0.39 is 0 Å². The van der Waals surface area contributed by atoms with Crippen LogP contribution < -0.4 is 11.1 Å². The van der Waals surface area contributed by atoms with Gasteiger partial charge in [0, 0.05) is 11.4 Å². The summed E-state index contributed by atoms with van der Waals surface area (Å²) in [5, 5.41) is 5.37. The minimum absolute atomic E-state index is 0.0844. The van der Waals surface area contributed by atoms with Crippen molar-refractivity contribution in [3.8, 4) is 0 Å². The fraction of sp³-hybridized carbons (Fsp3) is 0.688. The molecule has 1 amide bonds. The molecule has 112 valence electrons. The number of hydrogen-bond donors (Lipinski definition) is 2. The number of carbonyl (C=O) groups excluding carboxylic acids is 1. The fourth-order valence-electron chi connectivity index (χ4n) is 3.12. The Morgan fingerprint density at radius 1 is 1.45 bits per heavy atom. The lowest BCUT2D eigenvalue weighted by Gasteiger charge is -2.27. The highest BCUT2D eigenvalue weighted by Crippen LogP contribution is 2.37. The van der Waals surface area contributed by atoms with E-state index in [1.54, 1.807) is 11.3 Å². The smallest absolute Gasteiger partial charge is 0.225 e. The first-order chi connectivity index (χ1) is 9.63. The van der Waals surface area contributed by atoms with Crippen molar-refractivity contribution in [2.45, 2.75) is 45.6 Å². The molecule has 3 N–H and O–H groups in total. The highest BCUT2D eigenvalue weighted by Gasteiger charge is 2.30. The van der Waals surface area contributed by atoms with Gasteiger partial charge in [0.1, 0.15) is 0 Å². The quantitative estimate of drug-likeness (QED) is 0.845. The number of carbonyl (C=O) groups is 1. The van der Waals surface area contributed by atoms with Crippen molar-refractivity contribution in [1.29, 1.82) is 0 Å². The van der Waals surface area contributed by atoms with Crippen LogP contribution >= 0.6 is 11.3 Å². The molecule has 0 bridgehead atoms. The van der Waals surface area contributed by atoms with Crippen LogP contribution in [0.3, 0.4) is 0 Å². The molecule has 20 heavy (non-hydrogen) atoms. The number of amides is 1. The van der Waals surface area contributed by atoms with Crippen LogP contribution in [0.5, 0.6) is 0 Å². The number of nitrogens with one attached hydrogen (secondary N) is 1. The van der Waals surface area contributed by atoms with Gasteiger partial charge in [0.15, 0.2) is 0 Å². The number of rotatable bonds is 6. The monoisotopic (exact) mass is 294 g/mol. The zero-order chi connectivity index (χ0) is 14.5. The molecule has 2 unspecified atom stereocenters. The summed E-state index contributed by atoms with van der Waals surface area (Å²) in [6, 6.07) is 4.38. The van der Waals surface area contributed by atoms with Crippen LogP contribution in [0.2, 0.25) is 0 Å². The Labute approximate surface area is 125 Å². The first kappa shape index (κ1) is 15.5. The average molecular weight is 294 g/mol. The van der Waals surface area contributed by atoms with E-state index in [1.807, 2.05) is 0 Å². The maximum Gasteiger partial charge on any atom is 0.225 e. The topological polar surface area (TPSA) is 55.1 Å². The number of thiophene rings is 1. The van der Waals surface area contributed by atoms with Crippen molar-refractivity contribution in [1.82, 2.24) is 5.32 Å². The second-order valence-electron chi connectivity index (χ2n) is 6.13. The molecule has 0 saturated heterocycles. The first-order valence-corrected chi connectivity index (χ1v) is 8.55. The van der Waals surface area contributed by atoms with Crippen molar-refractivity contribution in [2.24, 2.45) is 23.5 Å². The lowest BCUT2D eigenvalue weighted by molar-refractivity contribution is -0.127. The Morgan fingerprint density at radius 3 is 2.65 bits per heavy atom. The molecule has 1 aliphatic rings. The van der Waals surface area contributed by atoms with Gasteiger partial charge in [0.25, 0.3) is 0 Å². The molecule has 1 aromatic heterocycles. The third-order valence-corrected chi connectivity index (χ3v) is 5.37. The van der Waals surface area contributed by atoms with Crippen LogP contribution in [-0.4, -0.2) is 12.5 Å². The molecule has 1 saturated carbocycles. The van der Waals surface area contributed by atoms with Gasteiger partial charge in [-0.1, -0.05) is 32.8 Å². The summed E-state index contributed by atoms with van der Waals surface area (Å²) in [6.45, 7) is 4.55. The zero-order valence-corrected chi connectivity index (χ0v) is 13.3. The van der Waals surface area contributed by atoms with Crippen molar-refractivity contribution >= 4 is 17.2 Å². The Bertz CT molecular complexity index is 410. The average Bonchev–Trinajstić information content (AvgIpc) is 3.10. The second-order valence-corrected chi connectivity index (χ2v) is 7.11. The van der Waals surface area contributed by atoms with Gasteiger partial charge in [-0.25, -0.2) is 0 Å². The predicted molar refractivity (Wildman–Crippen MR) is 84.5 cm³/mol. The highest BCUT2D eigenvalue weighted by molar-refractivity contribution is 7.10. The highest BCUT2D eigenvalue weighted by atomic mass is 32.1. The van der Waals surface area contributed by atoms with Crippen LogP contribution in [0.25, 0.3) is 0 Å². The Balaban J connectivity index is 2.09. The molecule has 1 heterocycles. The Morgan fingerprint density at radius 2 is 2.15 bits per heavy atom. The number of hydrogen-bond acceptors (Lipinski definition) is 3. The largest absolute Gasteiger partial charge is 0.348 e. The molecular weight excluding hydrogens is 268 g/mol. The molecule has 0 aliphatic heterocycles. The summed E-state index contributed by atoms with van der Waals surface area (Å²) in [4.78, 5) is 13.8. The van der Waals surface area contributed by atoms with E-state index in [9.17, 15) is 4.79 Å². The molecule has 0 radical (unpaired) electrons. The lowest BCUT2D eigenvalue weighted by atomic mass is 9.92. The van der Waals surface area contributed by atoms with Crippen LogP contribution in [0.15, 0.2) is 17.5 Å². The summed E-state index contributed by atoms with van der Waals surface area (Å²) in [6.07, 6.45) is 5.01. The van der Waals surface area contributed by atoms with Gasteiger partial charge in [-0.3, -0.25) is 4.79 Å². The van der Waals surface area contributed by atoms with Crippen LogP contribution in [0.1, 0.15) is 50.4 Å². The summed E-state index contributed by atoms with van der Waals surface area (Å²) in [5.74, 6) is 0.905. The minimum Gasteiger partial charge on any atom is -0.348 e. The van der Waals surface area contributed by atoms with Gasteiger partial charge in [-0.15, -0.1) is 11.3 Å².